The van der Waals surface area contributed by atoms with Gasteiger partial charge >= 0.3 is 6.09 Å². The zero-order chi connectivity index (χ0) is 25.3. The highest BCUT2D eigenvalue weighted by Crippen LogP contribution is 2.36. The van der Waals surface area contributed by atoms with Crippen molar-refractivity contribution in [2.45, 2.75) is 17.1 Å². The molecule has 4 rings (SSSR count). The Labute approximate surface area is 215 Å². The molecule has 0 bridgehead atoms. The van der Waals surface area contributed by atoms with Gasteiger partial charge in [-0.1, -0.05) is 60.7 Å². The van der Waals surface area contributed by atoms with E-state index in [0.29, 0.717) is 44.0 Å². The molecule has 0 spiro atoms. The van der Waals surface area contributed by atoms with Crippen LogP contribution < -0.4 is 5.32 Å². The van der Waals surface area contributed by atoms with Crippen molar-refractivity contribution in [1.29, 1.82) is 0 Å². The minimum Gasteiger partial charge on any atom is -0.450 e. The molecule has 1 fully saturated rings. The predicted octanol–water partition coefficient (Wildman–Crippen LogP) is 5.07. The van der Waals surface area contributed by atoms with Crippen LogP contribution in [0.25, 0.3) is 0 Å². The average molecular weight is 504 g/mol. The van der Waals surface area contributed by atoms with Gasteiger partial charge in [0.05, 0.1) is 17.9 Å². The molecular formula is C28H29N3O4S. The molecule has 0 aromatic heterocycles. The number of ether oxygens (including phenoxy) is 1. The van der Waals surface area contributed by atoms with Gasteiger partial charge in [-0.15, -0.1) is 11.8 Å². The Balaban J connectivity index is 1.50. The van der Waals surface area contributed by atoms with Gasteiger partial charge in [0.1, 0.15) is 5.25 Å². The third-order valence-corrected chi connectivity index (χ3v) is 7.11. The Morgan fingerprint density at radius 3 is 2.08 bits per heavy atom. The number of carbonyl (C=O) groups excluding carboxylic acids is 3. The molecule has 1 aliphatic heterocycles. The van der Waals surface area contributed by atoms with Crippen LogP contribution >= 0.6 is 11.8 Å². The third-order valence-electron chi connectivity index (χ3n) is 5.85. The molecule has 0 radical (unpaired) electrons. The second kappa shape index (κ2) is 12.3. The summed E-state index contributed by atoms with van der Waals surface area (Å²) in [5, 5.41) is 2.51. The largest absolute Gasteiger partial charge is 0.450 e. The number of amides is 3. The van der Waals surface area contributed by atoms with Gasteiger partial charge in [0.2, 0.25) is 5.91 Å². The van der Waals surface area contributed by atoms with Gasteiger partial charge in [-0.3, -0.25) is 9.59 Å². The van der Waals surface area contributed by atoms with Gasteiger partial charge in [-0.05, 0) is 36.8 Å². The first-order valence-electron chi connectivity index (χ1n) is 11.9. The number of nitrogens with zero attached hydrogens (tertiary/aromatic N) is 2. The van der Waals surface area contributed by atoms with E-state index < -0.39 is 5.25 Å². The van der Waals surface area contributed by atoms with Crippen LogP contribution in [0.15, 0.2) is 89.8 Å². The number of benzene rings is 3. The normalized spacial score (nSPS) is 14.1. The number of hydrogen-bond acceptors (Lipinski definition) is 5. The number of piperazine rings is 1. The highest BCUT2D eigenvalue weighted by Gasteiger charge is 2.28. The molecule has 186 valence electrons. The minimum atomic E-state index is -0.495. The van der Waals surface area contributed by atoms with Crippen LogP contribution in [0, 0.1) is 0 Å². The highest BCUT2D eigenvalue weighted by molar-refractivity contribution is 8.00. The van der Waals surface area contributed by atoms with Crippen LogP contribution in [-0.2, 0) is 9.53 Å². The zero-order valence-corrected chi connectivity index (χ0v) is 20.9. The molecule has 8 heteroatoms. The molecule has 3 amide bonds. The molecule has 1 heterocycles. The molecule has 1 unspecified atom stereocenters. The molecule has 1 saturated heterocycles. The SMILES string of the molecule is CCOC(=O)N1CCN(C(=O)c2ccccc2NC(=O)C(Sc2ccccc2)c2ccccc2)CC1. The summed E-state index contributed by atoms with van der Waals surface area (Å²) < 4.78 is 5.06. The van der Waals surface area contributed by atoms with E-state index in [0.717, 1.165) is 10.5 Å². The number of carbonyl (C=O) groups is 3. The van der Waals surface area contributed by atoms with Gasteiger partial charge < -0.3 is 19.9 Å². The lowest BCUT2D eigenvalue weighted by Gasteiger charge is -2.34. The van der Waals surface area contributed by atoms with Crippen LogP contribution in [0.1, 0.15) is 28.1 Å². The maximum Gasteiger partial charge on any atom is 0.409 e. The van der Waals surface area contributed by atoms with Gasteiger partial charge in [0, 0.05) is 31.1 Å². The lowest BCUT2D eigenvalue weighted by molar-refractivity contribution is -0.115. The zero-order valence-electron chi connectivity index (χ0n) is 20.1. The first-order chi connectivity index (χ1) is 17.6. The van der Waals surface area contributed by atoms with E-state index in [1.165, 1.54) is 11.8 Å². The van der Waals surface area contributed by atoms with Crippen molar-refractivity contribution < 1.29 is 19.1 Å². The predicted molar refractivity (Wildman–Crippen MR) is 141 cm³/mol. The number of hydrogen-bond donors (Lipinski definition) is 1. The lowest BCUT2D eigenvalue weighted by Crippen LogP contribution is -2.50. The number of anilines is 1. The van der Waals surface area contributed by atoms with E-state index >= 15 is 0 Å². The lowest BCUT2D eigenvalue weighted by atomic mass is 10.1. The molecule has 1 atom stereocenters. The van der Waals surface area contributed by atoms with Crippen molar-refractivity contribution in [3.63, 3.8) is 0 Å². The summed E-state index contributed by atoms with van der Waals surface area (Å²) in [6.07, 6.45) is -0.361. The summed E-state index contributed by atoms with van der Waals surface area (Å²) in [4.78, 5) is 43.2. The summed E-state index contributed by atoms with van der Waals surface area (Å²) in [6, 6.07) is 26.4. The standard InChI is InChI=1S/C28H29N3O4S/c1-2-35-28(34)31-19-17-30(18-20-31)27(33)23-15-9-10-16-24(23)29-26(32)25(21-11-5-3-6-12-21)36-22-13-7-4-8-14-22/h3-16,25H,2,17-20H2,1H3,(H,29,32). The average Bonchev–Trinajstić information content (AvgIpc) is 2.93. The van der Waals surface area contributed by atoms with Crippen LogP contribution in [0.2, 0.25) is 0 Å². The van der Waals surface area contributed by atoms with Crippen LogP contribution in [0.4, 0.5) is 10.5 Å². The Morgan fingerprint density at radius 2 is 1.42 bits per heavy atom. The van der Waals surface area contributed by atoms with E-state index in [1.54, 1.807) is 41.0 Å². The van der Waals surface area contributed by atoms with E-state index in [4.69, 9.17) is 4.74 Å². The van der Waals surface area contributed by atoms with Crippen LogP contribution in [0.5, 0.6) is 0 Å². The van der Waals surface area contributed by atoms with Crippen molar-refractivity contribution in [2.24, 2.45) is 0 Å². The summed E-state index contributed by atoms with van der Waals surface area (Å²) in [6.45, 7) is 3.69. The Bertz CT molecular complexity index is 1180. The van der Waals surface area contributed by atoms with Crippen molar-refractivity contribution in [3.05, 3.63) is 96.1 Å². The molecule has 3 aromatic carbocycles. The topological polar surface area (TPSA) is 79.0 Å². The van der Waals surface area contributed by atoms with E-state index in [2.05, 4.69) is 5.32 Å². The summed E-state index contributed by atoms with van der Waals surface area (Å²) in [5.74, 6) is -0.385. The molecule has 7 nitrogen and oxygen atoms in total. The highest BCUT2D eigenvalue weighted by atomic mass is 32.2. The maximum atomic E-state index is 13.5. The monoisotopic (exact) mass is 503 g/mol. The van der Waals surface area contributed by atoms with Gasteiger partial charge in [-0.2, -0.15) is 0 Å². The number of thioether (sulfide) groups is 1. The second-order valence-electron chi connectivity index (χ2n) is 8.23. The van der Waals surface area contributed by atoms with Crippen molar-refractivity contribution in [3.8, 4) is 0 Å². The fraction of sp³-hybridized carbons (Fsp3) is 0.250. The third kappa shape index (κ3) is 6.26. The summed E-state index contributed by atoms with van der Waals surface area (Å²) in [5.41, 5.74) is 1.77. The molecular weight excluding hydrogens is 474 g/mol. The molecule has 1 aliphatic rings. The Kier molecular flexibility index (Phi) is 8.62. The summed E-state index contributed by atoms with van der Waals surface area (Å²) in [7, 11) is 0. The molecule has 0 saturated carbocycles. The number of rotatable bonds is 7. The minimum absolute atomic E-state index is 0.179. The quantitative estimate of drug-likeness (QED) is 0.455. The fourth-order valence-corrected chi connectivity index (χ4v) is 5.04. The molecule has 1 N–H and O–H groups in total. The maximum absolute atomic E-state index is 13.5. The van der Waals surface area contributed by atoms with E-state index in [1.807, 2.05) is 60.7 Å². The Morgan fingerprint density at radius 1 is 0.833 bits per heavy atom. The van der Waals surface area contributed by atoms with Gasteiger partial charge in [0.15, 0.2) is 0 Å². The van der Waals surface area contributed by atoms with Crippen LogP contribution in [-0.4, -0.2) is 60.5 Å². The van der Waals surface area contributed by atoms with Crippen molar-refractivity contribution in [1.82, 2.24) is 9.80 Å². The molecule has 0 aliphatic carbocycles. The first kappa shape index (κ1) is 25.3. The van der Waals surface area contributed by atoms with Gasteiger partial charge in [-0.25, -0.2) is 4.79 Å². The van der Waals surface area contributed by atoms with Crippen molar-refractivity contribution >= 4 is 35.4 Å². The van der Waals surface area contributed by atoms with Crippen molar-refractivity contribution in [2.75, 3.05) is 38.1 Å². The molecule has 36 heavy (non-hydrogen) atoms. The second-order valence-corrected chi connectivity index (χ2v) is 9.41. The Hall–Kier alpha value is -3.78. The molecule has 3 aromatic rings. The van der Waals surface area contributed by atoms with E-state index in [-0.39, 0.29) is 17.9 Å². The van der Waals surface area contributed by atoms with Crippen LogP contribution in [0.3, 0.4) is 0 Å². The number of para-hydroxylation sites is 1. The summed E-state index contributed by atoms with van der Waals surface area (Å²) >= 11 is 1.46. The number of nitrogens with one attached hydrogen (secondary N) is 1. The van der Waals surface area contributed by atoms with Gasteiger partial charge in [0.25, 0.3) is 5.91 Å². The first-order valence-corrected chi connectivity index (χ1v) is 12.8. The van der Waals surface area contributed by atoms with E-state index in [9.17, 15) is 14.4 Å². The fourth-order valence-electron chi connectivity index (χ4n) is 3.99. The smallest absolute Gasteiger partial charge is 0.409 e.